The number of nitrogens with two attached hydrogens (primary N) is 1. The molecule has 1 aromatic rings. The number of benzene rings is 1. The summed E-state index contributed by atoms with van der Waals surface area (Å²) in [7, 11) is 1.37. The van der Waals surface area contributed by atoms with Gasteiger partial charge in [0.15, 0.2) is 6.04 Å². The maximum absolute atomic E-state index is 12.6. The van der Waals surface area contributed by atoms with Gasteiger partial charge in [0.1, 0.15) is 0 Å². The summed E-state index contributed by atoms with van der Waals surface area (Å²) in [5.74, 6) is 4.28. The molecule has 4 bridgehead atoms. The Labute approximate surface area is 166 Å². The van der Waals surface area contributed by atoms with E-state index in [-0.39, 0.29) is 6.04 Å². The summed E-state index contributed by atoms with van der Waals surface area (Å²) >= 11 is 0. The maximum Gasteiger partial charge on any atom is 0.333 e. The first-order chi connectivity index (χ1) is 13.6. The molecule has 5 nitrogen and oxygen atoms in total. The van der Waals surface area contributed by atoms with Gasteiger partial charge in [0, 0.05) is 6.04 Å². The second-order valence-corrected chi connectivity index (χ2v) is 9.56. The molecule has 1 aromatic carbocycles. The molecular formula is C23H30N2O3. The summed E-state index contributed by atoms with van der Waals surface area (Å²) in [5, 5.41) is 0. The molecule has 150 valence electrons. The highest BCUT2D eigenvalue weighted by molar-refractivity contribution is 5.84. The Morgan fingerprint density at radius 1 is 1.00 bits per heavy atom. The van der Waals surface area contributed by atoms with E-state index in [1.807, 2.05) is 30.3 Å². The zero-order chi connectivity index (χ0) is 19.4. The van der Waals surface area contributed by atoms with Crippen LogP contribution in [-0.2, 0) is 9.53 Å². The Morgan fingerprint density at radius 2 is 1.61 bits per heavy atom. The lowest BCUT2D eigenvalue weighted by atomic mass is 9.51. The largest absolute Gasteiger partial charge is 0.467 e. The van der Waals surface area contributed by atoms with Gasteiger partial charge in [-0.15, -0.1) is 0 Å². The molecule has 5 aliphatic rings. The number of carbonyl (C=O) groups excluding carboxylic acids is 2. The van der Waals surface area contributed by atoms with Crippen molar-refractivity contribution in [2.24, 2.45) is 41.2 Å². The minimum atomic E-state index is -0.754. The molecular weight excluding hydrogens is 352 g/mol. The number of hydrogen-bond donors (Lipinski definition) is 1. The fraction of sp³-hybridized carbons (Fsp3) is 0.652. The Balaban J connectivity index is 1.40. The number of ether oxygens (including phenoxy) is 1. The van der Waals surface area contributed by atoms with Gasteiger partial charge < -0.3 is 15.4 Å². The molecule has 2 amide bonds. The van der Waals surface area contributed by atoms with Crippen molar-refractivity contribution < 1.29 is 14.3 Å². The third-order valence-electron chi connectivity index (χ3n) is 8.03. The Kier molecular flexibility index (Phi) is 4.37. The summed E-state index contributed by atoms with van der Waals surface area (Å²) in [5.41, 5.74) is 6.59. The molecule has 0 radical (unpaired) electrons. The van der Waals surface area contributed by atoms with Crippen LogP contribution in [0.4, 0.5) is 4.79 Å². The van der Waals surface area contributed by atoms with Gasteiger partial charge >= 0.3 is 12.0 Å². The van der Waals surface area contributed by atoms with E-state index in [2.05, 4.69) is 0 Å². The molecule has 0 spiro atoms. The second kappa shape index (κ2) is 6.78. The Bertz CT molecular complexity index is 736. The highest BCUT2D eigenvalue weighted by Gasteiger charge is 2.59. The van der Waals surface area contributed by atoms with Crippen LogP contribution in [0.25, 0.3) is 0 Å². The fourth-order valence-electron chi connectivity index (χ4n) is 7.24. The van der Waals surface area contributed by atoms with Crippen molar-refractivity contribution in [1.82, 2.24) is 4.90 Å². The number of nitrogens with zero attached hydrogens (tertiary/aromatic N) is 1. The molecule has 3 unspecified atom stereocenters. The lowest BCUT2D eigenvalue weighted by Gasteiger charge is -2.55. The zero-order valence-electron chi connectivity index (χ0n) is 16.5. The molecule has 5 saturated carbocycles. The molecule has 0 heterocycles. The molecule has 6 rings (SSSR count). The molecule has 2 N–H and O–H groups in total. The first kappa shape index (κ1) is 18.0. The van der Waals surface area contributed by atoms with E-state index in [1.165, 1.54) is 39.2 Å². The van der Waals surface area contributed by atoms with Gasteiger partial charge in [-0.05, 0) is 79.6 Å². The fourth-order valence-corrected chi connectivity index (χ4v) is 7.24. The minimum absolute atomic E-state index is 0.0596. The number of primary amides is 1. The van der Waals surface area contributed by atoms with Gasteiger partial charge in [0.25, 0.3) is 0 Å². The van der Waals surface area contributed by atoms with E-state index >= 15 is 0 Å². The molecule has 3 atom stereocenters. The lowest BCUT2D eigenvalue weighted by Crippen LogP contribution is -2.48. The number of urea groups is 1. The van der Waals surface area contributed by atoms with Crippen molar-refractivity contribution >= 4 is 12.0 Å². The van der Waals surface area contributed by atoms with Crippen molar-refractivity contribution in [2.45, 2.75) is 50.6 Å². The molecule has 5 fully saturated rings. The third-order valence-corrected chi connectivity index (χ3v) is 8.03. The van der Waals surface area contributed by atoms with Crippen molar-refractivity contribution in [3.63, 3.8) is 0 Å². The van der Waals surface area contributed by atoms with E-state index in [0.717, 1.165) is 35.7 Å². The van der Waals surface area contributed by atoms with Crippen LogP contribution in [-0.4, -0.2) is 30.1 Å². The number of amides is 2. The monoisotopic (exact) mass is 382 g/mol. The molecule has 0 aromatic heterocycles. The topological polar surface area (TPSA) is 72.6 Å². The summed E-state index contributed by atoms with van der Waals surface area (Å²) in [4.78, 5) is 26.8. The van der Waals surface area contributed by atoms with Crippen LogP contribution in [0, 0.1) is 35.5 Å². The normalized spacial score (nSPS) is 38.7. The van der Waals surface area contributed by atoms with Crippen LogP contribution in [0.2, 0.25) is 0 Å². The molecule has 0 aliphatic heterocycles. The van der Waals surface area contributed by atoms with Crippen molar-refractivity contribution in [1.29, 1.82) is 0 Å². The van der Waals surface area contributed by atoms with Gasteiger partial charge in [0.2, 0.25) is 0 Å². The standard InChI is InChI=1S/C23H30N2O3/c1-28-22(26)21(15-5-3-2-4-6-15)25(23(24)27)19-12-18(19)20-16-8-13-7-14(10-16)11-17(20)9-13/h2-6,13-14,16-21H,7-12H2,1H3,(H2,24,27). The summed E-state index contributed by atoms with van der Waals surface area (Å²) in [6, 6.07) is 8.20. The number of methoxy groups -OCH3 is 1. The average molecular weight is 383 g/mol. The summed E-state index contributed by atoms with van der Waals surface area (Å²) in [6.45, 7) is 0. The number of carbonyl (C=O) groups is 2. The summed E-state index contributed by atoms with van der Waals surface area (Å²) < 4.78 is 5.06. The van der Waals surface area contributed by atoms with E-state index in [1.54, 1.807) is 4.90 Å². The second-order valence-electron chi connectivity index (χ2n) is 9.56. The van der Waals surface area contributed by atoms with Crippen LogP contribution in [0.1, 0.15) is 50.1 Å². The molecule has 5 aliphatic carbocycles. The highest BCUT2D eigenvalue weighted by Crippen LogP contribution is 2.63. The van der Waals surface area contributed by atoms with E-state index in [0.29, 0.717) is 11.8 Å². The van der Waals surface area contributed by atoms with E-state index in [4.69, 9.17) is 10.5 Å². The Morgan fingerprint density at radius 3 is 2.14 bits per heavy atom. The molecule has 28 heavy (non-hydrogen) atoms. The number of rotatable bonds is 5. The summed E-state index contributed by atoms with van der Waals surface area (Å²) in [6.07, 6.45) is 7.90. The van der Waals surface area contributed by atoms with Crippen molar-refractivity contribution in [3.8, 4) is 0 Å². The molecule has 0 saturated heterocycles. The Hall–Kier alpha value is -2.04. The average Bonchev–Trinajstić information content (AvgIpc) is 3.44. The lowest BCUT2D eigenvalue weighted by molar-refractivity contribution is -0.146. The number of hydrogen-bond acceptors (Lipinski definition) is 3. The quantitative estimate of drug-likeness (QED) is 0.789. The highest BCUT2D eigenvalue weighted by atomic mass is 16.5. The van der Waals surface area contributed by atoms with Crippen LogP contribution in [0.15, 0.2) is 30.3 Å². The van der Waals surface area contributed by atoms with E-state index < -0.39 is 18.0 Å². The van der Waals surface area contributed by atoms with E-state index in [9.17, 15) is 9.59 Å². The van der Waals surface area contributed by atoms with Crippen molar-refractivity contribution in [2.75, 3.05) is 7.11 Å². The van der Waals surface area contributed by atoms with Crippen LogP contribution in [0.5, 0.6) is 0 Å². The van der Waals surface area contributed by atoms with Crippen LogP contribution in [0.3, 0.4) is 0 Å². The first-order valence-electron chi connectivity index (χ1n) is 10.8. The van der Waals surface area contributed by atoms with Crippen molar-refractivity contribution in [3.05, 3.63) is 35.9 Å². The maximum atomic E-state index is 12.6. The first-order valence-corrected chi connectivity index (χ1v) is 10.8. The van der Waals surface area contributed by atoms with Gasteiger partial charge in [-0.1, -0.05) is 30.3 Å². The predicted molar refractivity (Wildman–Crippen MR) is 105 cm³/mol. The predicted octanol–water partition coefficient (Wildman–Crippen LogP) is 3.74. The van der Waals surface area contributed by atoms with Gasteiger partial charge in [-0.2, -0.15) is 0 Å². The SMILES string of the molecule is COC(=O)C(c1ccccc1)N(C(N)=O)C1CC1C1C2CC3CC(C2)CC1C3. The van der Waals surface area contributed by atoms with Gasteiger partial charge in [-0.3, -0.25) is 0 Å². The smallest absolute Gasteiger partial charge is 0.333 e. The van der Waals surface area contributed by atoms with Crippen LogP contribution < -0.4 is 5.73 Å². The van der Waals surface area contributed by atoms with Crippen LogP contribution >= 0.6 is 0 Å². The minimum Gasteiger partial charge on any atom is -0.467 e. The molecule has 5 heteroatoms. The number of esters is 1. The van der Waals surface area contributed by atoms with Gasteiger partial charge in [-0.25, -0.2) is 9.59 Å². The zero-order valence-corrected chi connectivity index (χ0v) is 16.5. The van der Waals surface area contributed by atoms with Gasteiger partial charge in [0.05, 0.1) is 7.11 Å². The third kappa shape index (κ3) is 2.90.